The zero-order valence-corrected chi connectivity index (χ0v) is 14.1. The lowest BCUT2D eigenvalue weighted by molar-refractivity contribution is -0.184. The highest BCUT2D eigenvalue weighted by atomic mass is 19.4. The highest BCUT2D eigenvalue weighted by Gasteiger charge is 2.55. The number of fused-ring (bicyclic) bond motifs is 2. The van der Waals surface area contributed by atoms with Gasteiger partial charge in [0.05, 0.1) is 42.7 Å². The number of halogens is 4. The summed E-state index contributed by atoms with van der Waals surface area (Å²) in [6.07, 6.45) is -5.66. The Kier molecular flexibility index (Phi) is 4.26. The topological polar surface area (TPSA) is 84.6 Å². The van der Waals surface area contributed by atoms with E-state index in [0.717, 1.165) is 18.3 Å². The van der Waals surface area contributed by atoms with Crippen LogP contribution < -0.4 is 4.74 Å². The maximum atomic E-state index is 13.6. The van der Waals surface area contributed by atoms with E-state index in [4.69, 9.17) is 19.5 Å². The molecule has 1 atom stereocenters. The number of hydrogen-bond donors (Lipinski definition) is 1. The Bertz CT molecular complexity index is 981. The third kappa shape index (κ3) is 2.97. The van der Waals surface area contributed by atoms with Crippen molar-refractivity contribution in [1.29, 1.82) is 5.26 Å². The molecule has 1 unspecified atom stereocenters. The Morgan fingerprint density at radius 2 is 1.96 bits per heavy atom. The SMILES string of the molecule is N#Cc1cc(F)cc(Oc2cnc(C(F)(F)F)c3c2C(O)CC32OCCO2)c1. The number of alkyl halides is 3. The van der Waals surface area contributed by atoms with E-state index in [0.29, 0.717) is 0 Å². The second kappa shape index (κ2) is 6.41. The molecular weight excluding hydrogens is 384 g/mol. The molecule has 0 radical (unpaired) electrons. The van der Waals surface area contributed by atoms with Crippen molar-refractivity contribution < 1.29 is 36.9 Å². The summed E-state index contributed by atoms with van der Waals surface area (Å²) < 4.78 is 70.6. The molecule has 2 heterocycles. The van der Waals surface area contributed by atoms with Crippen LogP contribution in [0.3, 0.4) is 0 Å². The van der Waals surface area contributed by atoms with E-state index in [2.05, 4.69) is 4.98 Å². The molecule has 1 aromatic carbocycles. The average molecular weight is 396 g/mol. The molecule has 0 saturated carbocycles. The molecule has 1 aliphatic carbocycles. The number of pyridine rings is 1. The molecule has 1 aliphatic heterocycles. The number of nitriles is 1. The van der Waals surface area contributed by atoms with Crippen LogP contribution in [-0.4, -0.2) is 23.3 Å². The Labute approximate surface area is 155 Å². The van der Waals surface area contributed by atoms with E-state index in [1.807, 2.05) is 0 Å². The van der Waals surface area contributed by atoms with Gasteiger partial charge in [0.15, 0.2) is 17.2 Å². The van der Waals surface area contributed by atoms with Crippen LogP contribution in [-0.2, 0) is 21.4 Å². The van der Waals surface area contributed by atoms with Crippen molar-refractivity contribution in [1.82, 2.24) is 4.98 Å². The monoisotopic (exact) mass is 396 g/mol. The lowest BCUT2D eigenvalue weighted by Crippen LogP contribution is -2.28. The first kappa shape index (κ1) is 18.6. The fourth-order valence-corrected chi connectivity index (χ4v) is 3.51. The second-order valence-corrected chi connectivity index (χ2v) is 6.32. The average Bonchev–Trinajstić information content (AvgIpc) is 3.19. The molecule has 1 saturated heterocycles. The predicted octanol–water partition coefficient (Wildman–Crippen LogP) is 3.54. The van der Waals surface area contributed by atoms with Crippen molar-refractivity contribution in [2.75, 3.05) is 13.2 Å². The lowest BCUT2D eigenvalue weighted by atomic mass is 10.0. The van der Waals surface area contributed by atoms with E-state index in [1.165, 1.54) is 6.07 Å². The van der Waals surface area contributed by atoms with Gasteiger partial charge in [-0.1, -0.05) is 0 Å². The van der Waals surface area contributed by atoms with Gasteiger partial charge in [-0.25, -0.2) is 9.37 Å². The van der Waals surface area contributed by atoms with Gasteiger partial charge in [-0.15, -0.1) is 0 Å². The molecule has 2 aliphatic rings. The standard InChI is InChI=1S/C18H12F4N2O4/c19-10-3-9(7-23)4-11(5-10)28-13-8-24-16(18(20,21)22)15-14(13)12(25)6-17(15)26-1-2-27-17/h3-5,8,12,25H,1-2,6H2. The normalized spacial score (nSPS) is 20.2. The van der Waals surface area contributed by atoms with Gasteiger partial charge in [0.25, 0.3) is 0 Å². The third-order valence-electron chi connectivity index (χ3n) is 4.51. The largest absolute Gasteiger partial charge is 0.455 e. The Hall–Kier alpha value is -2.74. The van der Waals surface area contributed by atoms with Gasteiger partial charge in [0.2, 0.25) is 0 Å². The van der Waals surface area contributed by atoms with Gasteiger partial charge in [-0.2, -0.15) is 18.4 Å². The maximum Gasteiger partial charge on any atom is 0.433 e. The molecule has 1 aromatic heterocycles. The summed E-state index contributed by atoms with van der Waals surface area (Å²) in [5.41, 5.74) is -1.91. The smallest absolute Gasteiger partial charge is 0.433 e. The Morgan fingerprint density at radius 3 is 2.61 bits per heavy atom. The first-order valence-electron chi connectivity index (χ1n) is 8.18. The van der Waals surface area contributed by atoms with Crippen LogP contribution in [0.15, 0.2) is 24.4 Å². The van der Waals surface area contributed by atoms with Crippen LogP contribution in [0.2, 0.25) is 0 Å². The van der Waals surface area contributed by atoms with Crippen LogP contribution >= 0.6 is 0 Å². The number of aliphatic hydroxyl groups excluding tert-OH is 1. The summed E-state index contributed by atoms with van der Waals surface area (Å²) in [6, 6.07) is 4.91. The lowest BCUT2D eigenvalue weighted by Gasteiger charge is -2.25. The minimum Gasteiger partial charge on any atom is -0.455 e. The van der Waals surface area contributed by atoms with Gasteiger partial charge >= 0.3 is 6.18 Å². The van der Waals surface area contributed by atoms with Crippen LogP contribution in [0, 0.1) is 17.1 Å². The van der Waals surface area contributed by atoms with Crippen LogP contribution in [0.25, 0.3) is 0 Å². The summed E-state index contributed by atoms with van der Waals surface area (Å²) in [7, 11) is 0. The minimum atomic E-state index is -4.82. The number of aromatic nitrogens is 1. The fourth-order valence-electron chi connectivity index (χ4n) is 3.51. The van der Waals surface area contributed by atoms with Crippen molar-refractivity contribution in [3.05, 3.63) is 52.6 Å². The van der Waals surface area contributed by atoms with E-state index >= 15 is 0 Å². The van der Waals surface area contributed by atoms with Crippen molar-refractivity contribution in [3.8, 4) is 17.6 Å². The van der Waals surface area contributed by atoms with Crippen LogP contribution in [0.1, 0.15) is 34.9 Å². The Morgan fingerprint density at radius 1 is 1.25 bits per heavy atom. The summed E-state index contributed by atoms with van der Waals surface area (Å²) >= 11 is 0. The molecule has 1 fully saturated rings. The van der Waals surface area contributed by atoms with E-state index < -0.39 is 35.1 Å². The molecule has 0 amide bonds. The van der Waals surface area contributed by atoms with E-state index in [1.54, 1.807) is 6.07 Å². The first-order chi connectivity index (χ1) is 13.2. The molecule has 1 spiro atoms. The van der Waals surface area contributed by atoms with Gasteiger partial charge in [0.1, 0.15) is 11.6 Å². The summed E-state index contributed by atoms with van der Waals surface area (Å²) in [4.78, 5) is 3.46. The molecule has 6 nitrogen and oxygen atoms in total. The quantitative estimate of drug-likeness (QED) is 0.782. The van der Waals surface area contributed by atoms with E-state index in [9.17, 15) is 22.7 Å². The van der Waals surface area contributed by atoms with E-state index in [-0.39, 0.29) is 42.3 Å². The molecule has 28 heavy (non-hydrogen) atoms. The van der Waals surface area contributed by atoms with Crippen molar-refractivity contribution >= 4 is 0 Å². The van der Waals surface area contributed by atoms with Gasteiger partial charge in [0, 0.05) is 18.1 Å². The fraction of sp³-hybridized carbons (Fsp3) is 0.333. The minimum absolute atomic E-state index is 0.0361. The molecule has 4 rings (SSSR count). The summed E-state index contributed by atoms with van der Waals surface area (Å²) in [5, 5.41) is 19.4. The van der Waals surface area contributed by atoms with Gasteiger partial charge in [-0.3, -0.25) is 0 Å². The van der Waals surface area contributed by atoms with Crippen molar-refractivity contribution in [3.63, 3.8) is 0 Å². The zero-order valence-electron chi connectivity index (χ0n) is 14.1. The predicted molar refractivity (Wildman–Crippen MR) is 83.6 cm³/mol. The number of benzene rings is 1. The highest BCUT2D eigenvalue weighted by molar-refractivity contribution is 5.51. The number of rotatable bonds is 2. The van der Waals surface area contributed by atoms with Crippen LogP contribution in [0.5, 0.6) is 11.5 Å². The van der Waals surface area contributed by atoms with Crippen LogP contribution in [0.4, 0.5) is 17.6 Å². The highest BCUT2D eigenvalue weighted by Crippen LogP contribution is 2.55. The second-order valence-electron chi connectivity index (χ2n) is 6.32. The van der Waals surface area contributed by atoms with Crippen molar-refractivity contribution in [2.24, 2.45) is 0 Å². The maximum absolute atomic E-state index is 13.6. The molecule has 146 valence electrons. The number of nitrogens with zero attached hydrogens (tertiary/aromatic N) is 2. The molecule has 10 heteroatoms. The van der Waals surface area contributed by atoms with Gasteiger partial charge in [-0.05, 0) is 12.1 Å². The van der Waals surface area contributed by atoms with Crippen molar-refractivity contribution in [2.45, 2.75) is 24.5 Å². The summed E-state index contributed by atoms with van der Waals surface area (Å²) in [6.45, 7) is 0.119. The molecule has 0 bridgehead atoms. The molecule has 1 N–H and O–H groups in total. The molecule has 2 aromatic rings. The number of aliphatic hydroxyl groups is 1. The first-order valence-corrected chi connectivity index (χ1v) is 8.18. The third-order valence-corrected chi connectivity index (χ3v) is 4.51. The number of ether oxygens (including phenoxy) is 3. The number of hydrogen-bond acceptors (Lipinski definition) is 6. The Balaban J connectivity index is 1.86. The zero-order chi connectivity index (χ0) is 20.1. The summed E-state index contributed by atoms with van der Waals surface area (Å²) in [5.74, 6) is -2.86. The van der Waals surface area contributed by atoms with Gasteiger partial charge < -0.3 is 19.3 Å². The molecular formula is C18H12F4N2O4.